The Hall–Kier alpha value is -1.15. The average Bonchev–Trinajstić information content (AvgIpc) is 2.79. The normalized spacial score (nSPS) is 33.5. The van der Waals surface area contributed by atoms with Crippen molar-refractivity contribution in [2.45, 2.75) is 46.0 Å². The Morgan fingerprint density at radius 2 is 1.78 bits per heavy atom. The van der Waals surface area contributed by atoms with Crippen molar-refractivity contribution in [2.75, 3.05) is 45.5 Å². The summed E-state index contributed by atoms with van der Waals surface area (Å²) in [5.74, 6) is 0.934. The lowest BCUT2D eigenvalue weighted by Crippen LogP contribution is -2.46. The number of likely N-dealkylation sites (tertiary alicyclic amines) is 1. The second-order valence-electron chi connectivity index (χ2n) is 8.90. The molecule has 154 valence electrons. The zero-order valence-corrected chi connectivity index (χ0v) is 17.6. The molecule has 0 radical (unpaired) electrons. The molecule has 0 aromatic rings. The predicted octanol–water partition coefficient (Wildman–Crippen LogP) is 1.16. The highest BCUT2D eigenvalue weighted by Gasteiger charge is 2.48. The summed E-state index contributed by atoms with van der Waals surface area (Å²) in [5, 5.41) is 0. The molecule has 2 amide bonds. The van der Waals surface area contributed by atoms with Gasteiger partial charge in [-0.1, -0.05) is 6.92 Å². The Morgan fingerprint density at radius 3 is 2.33 bits per heavy atom. The molecule has 0 N–H and O–H groups in total. The van der Waals surface area contributed by atoms with Crippen LogP contribution in [0.25, 0.3) is 0 Å². The van der Waals surface area contributed by atoms with Crippen LogP contribution >= 0.6 is 0 Å². The van der Waals surface area contributed by atoms with Crippen LogP contribution in [-0.4, -0.2) is 79.9 Å². The van der Waals surface area contributed by atoms with Gasteiger partial charge in [-0.2, -0.15) is 4.31 Å². The predicted molar refractivity (Wildman–Crippen MR) is 103 cm³/mol. The van der Waals surface area contributed by atoms with Crippen LogP contribution in [0.2, 0.25) is 0 Å². The van der Waals surface area contributed by atoms with E-state index in [0.717, 1.165) is 25.7 Å². The molecule has 2 aliphatic heterocycles. The topological polar surface area (TPSA) is 78.0 Å². The van der Waals surface area contributed by atoms with Gasteiger partial charge in [0.1, 0.15) is 0 Å². The van der Waals surface area contributed by atoms with Gasteiger partial charge in [0.2, 0.25) is 21.8 Å². The van der Waals surface area contributed by atoms with Gasteiger partial charge in [0.25, 0.3) is 0 Å². The Kier molecular flexibility index (Phi) is 5.87. The summed E-state index contributed by atoms with van der Waals surface area (Å²) in [6.07, 6.45) is 5.52. The third kappa shape index (κ3) is 4.47. The number of amides is 2. The van der Waals surface area contributed by atoms with Crippen LogP contribution in [0.4, 0.5) is 0 Å². The van der Waals surface area contributed by atoms with E-state index < -0.39 is 15.4 Å². The minimum absolute atomic E-state index is 0.0439. The quantitative estimate of drug-likeness (QED) is 0.713. The summed E-state index contributed by atoms with van der Waals surface area (Å²) in [4.78, 5) is 29.3. The highest BCUT2D eigenvalue weighted by atomic mass is 32.2. The molecule has 8 heteroatoms. The molecule has 3 fully saturated rings. The van der Waals surface area contributed by atoms with Gasteiger partial charge in [-0.3, -0.25) is 9.59 Å². The number of carbonyl (C=O) groups is 2. The number of hydrogen-bond acceptors (Lipinski definition) is 4. The molecule has 1 aliphatic carbocycles. The van der Waals surface area contributed by atoms with Crippen molar-refractivity contribution >= 4 is 21.8 Å². The van der Waals surface area contributed by atoms with Crippen molar-refractivity contribution in [3.8, 4) is 0 Å². The first-order chi connectivity index (χ1) is 12.6. The maximum Gasteiger partial charge on any atom is 0.225 e. The van der Waals surface area contributed by atoms with Gasteiger partial charge in [0.15, 0.2) is 0 Å². The van der Waals surface area contributed by atoms with E-state index in [1.54, 1.807) is 4.90 Å². The van der Waals surface area contributed by atoms with Gasteiger partial charge < -0.3 is 9.80 Å². The number of hydrogen-bond donors (Lipinski definition) is 0. The Morgan fingerprint density at radius 1 is 1.11 bits per heavy atom. The number of rotatable bonds is 3. The van der Waals surface area contributed by atoms with Crippen LogP contribution in [0, 0.1) is 17.3 Å². The Balaban J connectivity index is 1.82. The third-order valence-corrected chi connectivity index (χ3v) is 7.84. The molecule has 7 nitrogen and oxygen atoms in total. The van der Waals surface area contributed by atoms with Crippen molar-refractivity contribution in [3.63, 3.8) is 0 Å². The van der Waals surface area contributed by atoms with Crippen molar-refractivity contribution in [1.82, 2.24) is 14.1 Å². The smallest absolute Gasteiger partial charge is 0.225 e. The fraction of sp³-hybridized carbons (Fsp3) is 0.895. The van der Waals surface area contributed by atoms with Crippen LogP contribution in [0.15, 0.2) is 0 Å². The molecular weight excluding hydrogens is 366 g/mol. The van der Waals surface area contributed by atoms with E-state index in [9.17, 15) is 18.0 Å². The molecule has 1 saturated carbocycles. The summed E-state index contributed by atoms with van der Waals surface area (Å²) in [5.41, 5.74) is -0.496. The fourth-order valence-corrected chi connectivity index (χ4v) is 5.86. The van der Waals surface area contributed by atoms with Gasteiger partial charge in [-0.05, 0) is 38.5 Å². The lowest BCUT2D eigenvalue weighted by Gasteiger charge is -2.35. The minimum atomic E-state index is -3.37. The van der Waals surface area contributed by atoms with Gasteiger partial charge in [0.05, 0.1) is 6.26 Å². The van der Waals surface area contributed by atoms with E-state index in [2.05, 4.69) is 6.92 Å². The van der Waals surface area contributed by atoms with Crippen molar-refractivity contribution in [2.24, 2.45) is 17.3 Å². The maximum atomic E-state index is 13.2. The molecule has 3 rings (SSSR count). The second-order valence-corrected chi connectivity index (χ2v) is 10.9. The van der Waals surface area contributed by atoms with Crippen LogP contribution in [-0.2, 0) is 19.6 Å². The first kappa shape index (κ1) is 20.6. The van der Waals surface area contributed by atoms with Crippen LogP contribution in [0.3, 0.4) is 0 Å². The zero-order valence-electron chi connectivity index (χ0n) is 16.8. The summed E-state index contributed by atoms with van der Waals surface area (Å²) < 4.78 is 26.0. The number of carbonyl (C=O) groups excluding carboxylic acids is 2. The third-order valence-electron chi connectivity index (χ3n) is 6.59. The molecule has 1 atom stereocenters. The lowest BCUT2D eigenvalue weighted by molar-refractivity contribution is -0.138. The highest BCUT2D eigenvalue weighted by Crippen LogP contribution is 2.37. The molecule has 1 unspecified atom stereocenters. The van der Waals surface area contributed by atoms with E-state index in [0.29, 0.717) is 51.6 Å². The van der Waals surface area contributed by atoms with E-state index in [-0.39, 0.29) is 17.7 Å². The van der Waals surface area contributed by atoms with Crippen molar-refractivity contribution in [3.05, 3.63) is 0 Å². The lowest BCUT2D eigenvalue weighted by atomic mass is 9.81. The molecule has 2 heterocycles. The summed E-state index contributed by atoms with van der Waals surface area (Å²) in [6.45, 7) is 6.85. The van der Waals surface area contributed by atoms with E-state index >= 15 is 0 Å². The number of nitrogens with zero attached hydrogens (tertiary/aromatic N) is 3. The van der Waals surface area contributed by atoms with Crippen LogP contribution in [0.1, 0.15) is 46.0 Å². The van der Waals surface area contributed by atoms with Gasteiger partial charge in [0, 0.05) is 57.0 Å². The Labute approximate surface area is 163 Å². The van der Waals surface area contributed by atoms with E-state index in [1.807, 2.05) is 11.8 Å². The van der Waals surface area contributed by atoms with Gasteiger partial charge >= 0.3 is 0 Å². The van der Waals surface area contributed by atoms with E-state index in [1.165, 1.54) is 10.6 Å². The van der Waals surface area contributed by atoms with Gasteiger partial charge in [-0.15, -0.1) is 0 Å². The zero-order chi connectivity index (χ0) is 19.8. The van der Waals surface area contributed by atoms with Crippen molar-refractivity contribution in [1.29, 1.82) is 0 Å². The molecular formula is C19H33N3O4S. The second kappa shape index (κ2) is 7.70. The SMILES string of the molecule is CCN1CC2(CC1=O)CN(C(=O)C1CCC(C)CC1)CCN(S(C)(=O)=O)C2. The highest BCUT2D eigenvalue weighted by molar-refractivity contribution is 7.88. The van der Waals surface area contributed by atoms with Crippen LogP contribution < -0.4 is 0 Å². The largest absolute Gasteiger partial charge is 0.342 e. The van der Waals surface area contributed by atoms with Crippen LogP contribution in [0.5, 0.6) is 0 Å². The molecule has 0 bridgehead atoms. The molecule has 27 heavy (non-hydrogen) atoms. The summed E-state index contributed by atoms with van der Waals surface area (Å²) in [6, 6.07) is 0. The fourth-order valence-electron chi connectivity index (χ4n) is 4.94. The van der Waals surface area contributed by atoms with Crippen molar-refractivity contribution < 1.29 is 18.0 Å². The minimum Gasteiger partial charge on any atom is -0.342 e. The summed E-state index contributed by atoms with van der Waals surface area (Å²) >= 11 is 0. The standard InChI is InChI=1S/C19H33N3O4S/c1-4-20-12-19(11-17(20)23)13-21(9-10-22(14-19)27(3,25)26)18(24)16-7-5-15(2)6-8-16/h15-16H,4-14H2,1-3H3. The monoisotopic (exact) mass is 399 g/mol. The summed E-state index contributed by atoms with van der Waals surface area (Å²) in [7, 11) is -3.37. The number of sulfonamides is 1. The first-order valence-corrected chi connectivity index (χ1v) is 12.0. The molecule has 3 aliphatic rings. The average molecular weight is 400 g/mol. The first-order valence-electron chi connectivity index (χ1n) is 10.2. The van der Waals surface area contributed by atoms with E-state index in [4.69, 9.17) is 0 Å². The Bertz CT molecular complexity index is 687. The molecule has 0 aromatic carbocycles. The molecule has 1 spiro atoms. The molecule has 2 saturated heterocycles. The molecule has 0 aromatic heterocycles. The van der Waals surface area contributed by atoms with Gasteiger partial charge in [-0.25, -0.2) is 8.42 Å². The maximum absolute atomic E-state index is 13.2.